The van der Waals surface area contributed by atoms with Crippen LogP contribution in [0.2, 0.25) is 0 Å². The molecule has 0 saturated heterocycles. The molecule has 0 bridgehead atoms. The number of alkyl halides is 2. The molecule has 28 heavy (non-hydrogen) atoms. The largest absolute Gasteiger partial charge is 0.493 e. The van der Waals surface area contributed by atoms with Gasteiger partial charge < -0.3 is 14.4 Å². The van der Waals surface area contributed by atoms with Gasteiger partial charge >= 0.3 is 6.61 Å². The first-order valence-electron chi connectivity index (χ1n) is 8.95. The van der Waals surface area contributed by atoms with Gasteiger partial charge in [0.25, 0.3) is 5.91 Å². The topological polar surface area (TPSA) is 38.8 Å². The van der Waals surface area contributed by atoms with Gasteiger partial charge in [-0.1, -0.05) is 24.3 Å². The third-order valence-corrected chi connectivity index (χ3v) is 5.72. The van der Waals surface area contributed by atoms with Crippen molar-refractivity contribution in [1.82, 2.24) is 4.90 Å². The van der Waals surface area contributed by atoms with Gasteiger partial charge in [0.15, 0.2) is 11.5 Å². The summed E-state index contributed by atoms with van der Waals surface area (Å²) in [6, 6.07) is 12.8. The summed E-state index contributed by atoms with van der Waals surface area (Å²) in [5.41, 5.74) is 1.51. The van der Waals surface area contributed by atoms with Crippen LogP contribution in [0.15, 0.2) is 47.8 Å². The molecule has 0 atom stereocenters. The molecular weight excluding hydrogens is 384 g/mol. The van der Waals surface area contributed by atoms with Gasteiger partial charge in [-0.25, -0.2) is 0 Å². The summed E-state index contributed by atoms with van der Waals surface area (Å²) in [5.74, 6) is 0.197. The van der Waals surface area contributed by atoms with Crippen molar-refractivity contribution < 1.29 is 23.0 Å². The van der Waals surface area contributed by atoms with Gasteiger partial charge in [0, 0.05) is 28.1 Å². The van der Waals surface area contributed by atoms with E-state index in [9.17, 15) is 13.6 Å². The van der Waals surface area contributed by atoms with Crippen LogP contribution in [0.1, 0.15) is 28.8 Å². The van der Waals surface area contributed by atoms with Gasteiger partial charge in [0.2, 0.25) is 0 Å². The van der Waals surface area contributed by atoms with Crippen molar-refractivity contribution in [2.75, 3.05) is 7.11 Å². The molecule has 0 spiro atoms. The summed E-state index contributed by atoms with van der Waals surface area (Å²) in [5, 5.41) is 2.86. The fourth-order valence-corrected chi connectivity index (χ4v) is 4.19. The van der Waals surface area contributed by atoms with Gasteiger partial charge in [-0.15, -0.1) is 11.3 Å². The Hall–Kier alpha value is -2.67. The lowest BCUT2D eigenvalue weighted by atomic mass is 10.1. The minimum atomic E-state index is -2.92. The number of amides is 1. The van der Waals surface area contributed by atoms with Crippen molar-refractivity contribution >= 4 is 27.3 Å². The van der Waals surface area contributed by atoms with Crippen LogP contribution >= 0.6 is 11.3 Å². The van der Waals surface area contributed by atoms with Crippen LogP contribution < -0.4 is 9.47 Å². The second-order valence-electron chi connectivity index (χ2n) is 6.67. The smallest absolute Gasteiger partial charge is 0.387 e. The van der Waals surface area contributed by atoms with E-state index in [0.29, 0.717) is 12.1 Å². The molecule has 1 saturated carbocycles. The third-order valence-electron chi connectivity index (χ3n) is 4.76. The number of carbonyl (C=O) groups excluding carboxylic acids is 1. The van der Waals surface area contributed by atoms with E-state index in [1.807, 2.05) is 34.5 Å². The summed E-state index contributed by atoms with van der Waals surface area (Å²) in [7, 11) is 1.40. The molecule has 1 fully saturated rings. The van der Waals surface area contributed by atoms with E-state index in [-0.39, 0.29) is 23.4 Å². The highest BCUT2D eigenvalue weighted by Gasteiger charge is 2.34. The predicted octanol–water partition coefficient (Wildman–Crippen LogP) is 5.32. The monoisotopic (exact) mass is 403 g/mol. The third kappa shape index (κ3) is 3.80. The van der Waals surface area contributed by atoms with Crippen LogP contribution in [0.3, 0.4) is 0 Å². The molecule has 0 unspecified atom stereocenters. The zero-order valence-corrected chi connectivity index (χ0v) is 16.0. The summed E-state index contributed by atoms with van der Waals surface area (Å²) >= 11 is 1.56. The highest BCUT2D eigenvalue weighted by molar-refractivity contribution is 7.17. The summed E-state index contributed by atoms with van der Waals surface area (Å²) in [6.45, 7) is -2.53. The van der Waals surface area contributed by atoms with E-state index < -0.39 is 6.61 Å². The average Bonchev–Trinajstić information content (AvgIpc) is 3.44. The summed E-state index contributed by atoms with van der Waals surface area (Å²) < 4.78 is 35.8. The van der Waals surface area contributed by atoms with E-state index in [0.717, 1.165) is 28.5 Å². The Morgan fingerprint density at radius 3 is 2.71 bits per heavy atom. The van der Waals surface area contributed by atoms with E-state index in [1.165, 1.54) is 13.2 Å². The van der Waals surface area contributed by atoms with Crippen molar-refractivity contribution in [3.8, 4) is 11.5 Å². The Balaban J connectivity index is 1.60. The first-order chi connectivity index (χ1) is 13.6. The Kier molecular flexibility index (Phi) is 5.17. The van der Waals surface area contributed by atoms with E-state index in [2.05, 4.69) is 4.74 Å². The van der Waals surface area contributed by atoms with Gasteiger partial charge in [-0.05, 0) is 36.6 Å². The van der Waals surface area contributed by atoms with Gasteiger partial charge in [0.05, 0.1) is 12.7 Å². The molecule has 0 N–H and O–H groups in total. The van der Waals surface area contributed by atoms with Crippen LogP contribution in [0, 0.1) is 0 Å². The summed E-state index contributed by atoms with van der Waals surface area (Å²) in [6.07, 6.45) is 1.94. The first-order valence-corrected chi connectivity index (χ1v) is 9.83. The average molecular weight is 403 g/mol. The lowest BCUT2D eigenvalue weighted by Gasteiger charge is -2.23. The minimum Gasteiger partial charge on any atom is -0.493 e. The molecule has 1 heterocycles. The van der Waals surface area contributed by atoms with E-state index in [1.54, 1.807) is 23.5 Å². The van der Waals surface area contributed by atoms with Crippen molar-refractivity contribution in [1.29, 1.82) is 0 Å². The second-order valence-corrected chi connectivity index (χ2v) is 7.58. The maximum atomic E-state index is 13.3. The number of rotatable bonds is 7. The lowest BCUT2D eigenvalue weighted by molar-refractivity contribution is -0.0512. The normalized spacial score (nSPS) is 13.7. The van der Waals surface area contributed by atoms with Crippen molar-refractivity contribution in [3.05, 3.63) is 59.0 Å². The number of halogens is 2. The maximum Gasteiger partial charge on any atom is 0.387 e. The van der Waals surface area contributed by atoms with Crippen LogP contribution in [0.25, 0.3) is 10.1 Å². The van der Waals surface area contributed by atoms with E-state index in [4.69, 9.17) is 4.74 Å². The van der Waals surface area contributed by atoms with Crippen LogP contribution in [-0.4, -0.2) is 30.6 Å². The number of methoxy groups -OCH3 is 1. The molecule has 0 aliphatic heterocycles. The Morgan fingerprint density at radius 1 is 1.21 bits per heavy atom. The molecule has 146 valence electrons. The molecule has 3 aromatic rings. The minimum absolute atomic E-state index is 0.00757. The molecule has 1 aromatic heterocycles. The highest BCUT2D eigenvalue weighted by atomic mass is 32.1. The number of hydrogen-bond donors (Lipinski definition) is 0. The number of ether oxygens (including phenoxy) is 2. The summed E-state index contributed by atoms with van der Waals surface area (Å²) in [4.78, 5) is 15.1. The fourth-order valence-electron chi connectivity index (χ4n) is 3.25. The first kappa shape index (κ1) is 18.7. The molecule has 7 heteroatoms. The van der Waals surface area contributed by atoms with Crippen molar-refractivity contribution in [2.45, 2.75) is 32.0 Å². The maximum absolute atomic E-state index is 13.3. The quantitative estimate of drug-likeness (QED) is 0.536. The van der Waals surface area contributed by atoms with Crippen molar-refractivity contribution in [2.24, 2.45) is 0 Å². The van der Waals surface area contributed by atoms with Gasteiger partial charge in [-0.2, -0.15) is 8.78 Å². The number of hydrogen-bond acceptors (Lipinski definition) is 4. The number of carbonyl (C=O) groups is 1. The zero-order valence-electron chi connectivity index (χ0n) is 15.2. The molecule has 1 aliphatic carbocycles. The van der Waals surface area contributed by atoms with Crippen LogP contribution in [0.4, 0.5) is 8.78 Å². The zero-order chi connectivity index (χ0) is 19.7. The second kappa shape index (κ2) is 7.75. The predicted molar refractivity (Wildman–Crippen MR) is 104 cm³/mol. The standard InChI is InChI=1S/C21H19F2NO3S/c1-26-18-10-13(6-9-17(18)27-21(22)23)11-24(14-7-8-14)20(25)16-12-28-19-5-3-2-4-15(16)19/h2-6,9-10,12,14,21H,7-8,11H2,1H3. The van der Waals surface area contributed by atoms with Gasteiger partial charge in [0.1, 0.15) is 0 Å². The SMILES string of the molecule is COc1cc(CN(C(=O)c2csc3ccccc23)C2CC2)ccc1OC(F)F. The molecular formula is C21H19F2NO3S. The van der Waals surface area contributed by atoms with Crippen molar-refractivity contribution in [3.63, 3.8) is 0 Å². The van der Waals surface area contributed by atoms with Gasteiger partial charge in [-0.3, -0.25) is 4.79 Å². The lowest BCUT2D eigenvalue weighted by Crippen LogP contribution is -2.32. The molecule has 4 rings (SSSR count). The number of benzene rings is 2. The van der Waals surface area contributed by atoms with E-state index >= 15 is 0 Å². The molecule has 1 amide bonds. The highest BCUT2D eigenvalue weighted by Crippen LogP contribution is 2.35. The number of thiophene rings is 1. The molecule has 4 nitrogen and oxygen atoms in total. The molecule has 0 radical (unpaired) electrons. The number of fused-ring (bicyclic) bond motifs is 1. The Bertz CT molecular complexity index is 1000. The van der Waals surface area contributed by atoms with Crippen LogP contribution in [-0.2, 0) is 6.54 Å². The number of nitrogens with zero attached hydrogens (tertiary/aromatic N) is 1. The Labute approximate surface area is 165 Å². The fraction of sp³-hybridized carbons (Fsp3) is 0.286. The Morgan fingerprint density at radius 2 is 2.00 bits per heavy atom. The molecule has 1 aliphatic rings. The molecule has 2 aromatic carbocycles. The van der Waals surface area contributed by atoms with Crippen LogP contribution in [0.5, 0.6) is 11.5 Å².